The third kappa shape index (κ3) is 3.13. The molecular weight excluding hydrogens is 281 g/mol. The molecule has 0 saturated heterocycles. The van der Waals surface area contributed by atoms with Crippen LogP contribution in [0, 0.1) is 5.82 Å². The zero-order chi connectivity index (χ0) is 15.5. The van der Waals surface area contributed by atoms with Gasteiger partial charge in [-0.15, -0.1) is 0 Å². The van der Waals surface area contributed by atoms with Gasteiger partial charge >= 0.3 is 5.92 Å². The molecule has 21 heavy (non-hydrogen) atoms. The third-order valence-corrected chi connectivity index (χ3v) is 3.32. The van der Waals surface area contributed by atoms with Crippen molar-refractivity contribution in [2.24, 2.45) is 0 Å². The van der Waals surface area contributed by atoms with Gasteiger partial charge < -0.3 is 9.84 Å². The molecular formula is C16H17F3O2. The van der Waals surface area contributed by atoms with Gasteiger partial charge in [-0.05, 0) is 24.1 Å². The third-order valence-electron chi connectivity index (χ3n) is 3.32. The summed E-state index contributed by atoms with van der Waals surface area (Å²) >= 11 is 0. The summed E-state index contributed by atoms with van der Waals surface area (Å²) in [6.07, 6.45) is 1.72. The van der Waals surface area contributed by atoms with Gasteiger partial charge in [-0.1, -0.05) is 37.6 Å². The van der Waals surface area contributed by atoms with Crippen LogP contribution in [0.15, 0.2) is 42.2 Å². The molecule has 1 aromatic carbocycles. The van der Waals surface area contributed by atoms with E-state index in [1.807, 2.05) is 6.92 Å². The van der Waals surface area contributed by atoms with Gasteiger partial charge in [0.2, 0.25) is 0 Å². The number of halogens is 3. The van der Waals surface area contributed by atoms with Crippen LogP contribution in [0.2, 0.25) is 0 Å². The molecule has 1 atom stereocenters. The van der Waals surface area contributed by atoms with E-state index in [9.17, 15) is 18.3 Å². The number of ether oxygens (including phenoxy) is 1. The van der Waals surface area contributed by atoms with Crippen LogP contribution in [0.5, 0.6) is 0 Å². The predicted octanol–water partition coefficient (Wildman–Crippen LogP) is 3.92. The highest BCUT2D eigenvalue weighted by molar-refractivity contribution is 5.73. The molecule has 1 aliphatic carbocycles. The second kappa shape index (κ2) is 6.35. The van der Waals surface area contributed by atoms with E-state index in [0.29, 0.717) is 6.42 Å². The number of unbranched alkanes of at least 4 members (excludes halogenated alkanes) is 1. The molecule has 0 aliphatic heterocycles. The van der Waals surface area contributed by atoms with Crippen molar-refractivity contribution in [1.29, 1.82) is 0 Å². The highest BCUT2D eigenvalue weighted by Gasteiger charge is 2.48. The maximum absolute atomic E-state index is 14.2. The number of hydrogen-bond acceptors (Lipinski definition) is 2. The van der Waals surface area contributed by atoms with E-state index in [-0.39, 0.29) is 17.7 Å². The van der Waals surface area contributed by atoms with Crippen LogP contribution in [-0.4, -0.2) is 23.7 Å². The van der Waals surface area contributed by atoms with E-state index in [0.717, 1.165) is 18.6 Å². The van der Waals surface area contributed by atoms with E-state index >= 15 is 0 Å². The van der Waals surface area contributed by atoms with Crippen molar-refractivity contribution in [3.05, 3.63) is 53.6 Å². The number of benzene rings is 1. The van der Waals surface area contributed by atoms with Crippen molar-refractivity contribution in [2.75, 3.05) is 6.61 Å². The first-order chi connectivity index (χ1) is 9.98. The summed E-state index contributed by atoms with van der Waals surface area (Å²) in [6, 6.07) is 5.51. The summed E-state index contributed by atoms with van der Waals surface area (Å²) in [5.41, 5.74) is -0.186. The quantitative estimate of drug-likeness (QED) is 0.835. The highest BCUT2D eigenvalue weighted by Crippen LogP contribution is 2.40. The average molecular weight is 298 g/mol. The number of aliphatic hydroxyl groups is 1. The fourth-order valence-corrected chi connectivity index (χ4v) is 2.10. The summed E-state index contributed by atoms with van der Waals surface area (Å²) in [6.45, 7) is 2.08. The lowest BCUT2D eigenvalue weighted by molar-refractivity contribution is -0.0902. The van der Waals surface area contributed by atoms with Gasteiger partial charge in [0, 0.05) is 5.56 Å². The Kier molecular flexibility index (Phi) is 4.73. The molecule has 0 bridgehead atoms. The highest BCUT2D eigenvalue weighted by atomic mass is 19.3. The minimum Gasteiger partial charge on any atom is -0.491 e. The molecule has 5 heteroatoms. The van der Waals surface area contributed by atoms with E-state index in [2.05, 4.69) is 0 Å². The molecule has 0 heterocycles. The topological polar surface area (TPSA) is 29.5 Å². The van der Waals surface area contributed by atoms with E-state index < -0.39 is 23.6 Å². The van der Waals surface area contributed by atoms with Crippen molar-refractivity contribution >= 4 is 5.57 Å². The summed E-state index contributed by atoms with van der Waals surface area (Å²) in [4.78, 5) is 0. The van der Waals surface area contributed by atoms with Gasteiger partial charge in [0.05, 0.1) is 6.61 Å². The molecule has 0 saturated carbocycles. The molecule has 1 aromatic rings. The Bertz CT molecular complexity index is 564. The Morgan fingerprint density at radius 2 is 1.95 bits per heavy atom. The SMILES string of the molecule is CCCCOC1=CC=C(c2ccccc2F)C(O)C1(F)F. The molecule has 2 rings (SSSR count). The number of rotatable bonds is 5. The van der Waals surface area contributed by atoms with Crippen molar-refractivity contribution in [1.82, 2.24) is 0 Å². The Hall–Kier alpha value is -1.75. The number of hydrogen-bond donors (Lipinski definition) is 1. The standard InChI is InChI=1S/C16H17F3O2/c1-2-3-10-21-14-9-8-12(15(20)16(14,18)19)11-6-4-5-7-13(11)17/h4-9,15,20H,2-3,10H2,1H3. The Morgan fingerprint density at radius 3 is 2.62 bits per heavy atom. The molecule has 0 fully saturated rings. The summed E-state index contributed by atoms with van der Waals surface area (Å²) in [7, 11) is 0. The number of aliphatic hydroxyl groups excluding tert-OH is 1. The van der Waals surface area contributed by atoms with Crippen LogP contribution >= 0.6 is 0 Å². The molecule has 114 valence electrons. The van der Waals surface area contributed by atoms with Crippen molar-refractivity contribution < 1.29 is 23.0 Å². The molecule has 0 aromatic heterocycles. The first-order valence-electron chi connectivity index (χ1n) is 6.84. The first kappa shape index (κ1) is 15.6. The lowest BCUT2D eigenvalue weighted by Gasteiger charge is -2.30. The van der Waals surface area contributed by atoms with Gasteiger partial charge in [-0.2, -0.15) is 8.78 Å². The van der Waals surface area contributed by atoms with Gasteiger partial charge in [0.1, 0.15) is 5.82 Å². The minimum atomic E-state index is -3.57. The predicted molar refractivity (Wildman–Crippen MR) is 74.3 cm³/mol. The van der Waals surface area contributed by atoms with Crippen LogP contribution in [-0.2, 0) is 4.74 Å². The molecule has 1 aliphatic rings. The van der Waals surface area contributed by atoms with E-state index in [4.69, 9.17) is 4.74 Å². The van der Waals surface area contributed by atoms with Crippen molar-refractivity contribution in [2.45, 2.75) is 31.8 Å². The maximum Gasteiger partial charge on any atom is 0.333 e. The fraction of sp³-hybridized carbons (Fsp3) is 0.375. The molecule has 2 nitrogen and oxygen atoms in total. The zero-order valence-corrected chi connectivity index (χ0v) is 11.7. The zero-order valence-electron chi connectivity index (χ0n) is 11.7. The smallest absolute Gasteiger partial charge is 0.333 e. The number of alkyl halides is 2. The summed E-state index contributed by atoms with van der Waals surface area (Å²) in [5.74, 6) is -4.80. The molecule has 0 amide bonds. The number of allylic oxidation sites excluding steroid dienone is 2. The Labute approximate surface area is 121 Å². The maximum atomic E-state index is 14.2. The van der Waals surface area contributed by atoms with Crippen LogP contribution in [0.3, 0.4) is 0 Å². The van der Waals surface area contributed by atoms with E-state index in [1.165, 1.54) is 24.3 Å². The normalized spacial score (nSPS) is 20.7. The van der Waals surface area contributed by atoms with Gasteiger partial charge in [-0.25, -0.2) is 4.39 Å². The fourth-order valence-electron chi connectivity index (χ4n) is 2.10. The lowest BCUT2D eigenvalue weighted by atomic mass is 9.91. The van der Waals surface area contributed by atoms with Crippen LogP contribution in [0.1, 0.15) is 25.3 Å². The van der Waals surface area contributed by atoms with Gasteiger partial charge in [-0.3, -0.25) is 0 Å². The van der Waals surface area contributed by atoms with Crippen LogP contribution < -0.4 is 0 Å². The Balaban J connectivity index is 2.31. The molecule has 0 spiro atoms. The molecule has 1 unspecified atom stereocenters. The second-order valence-corrected chi connectivity index (χ2v) is 4.86. The van der Waals surface area contributed by atoms with Crippen LogP contribution in [0.4, 0.5) is 13.2 Å². The lowest BCUT2D eigenvalue weighted by Crippen LogP contribution is -2.39. The molecule has 0 radical (unpaired) electrons. The van der Waals surface area contributed by atoms with Crippen molar-refractivity contribution in [3.8, 4) is 0 Å². The largest absolute Gasteiger partial charge is 0.491 e. The second-order valence-electron chi connectivity index (χ2n) is 4.86. The van der Waals surface area contributed by atoms with Gasteiger partial charge in [0.15, 0.2) is 11.9 Å². The minimum absolute atomic E-state index is 0.0338. The average Bonchev–Trinajstić information content (AvgIpc) is 2.45. The van der Waals surface area contributed by atoms with Crippen molar-refractivity contribution in [3.63, 3.8) is 0 Å². The summed E-state index contributed by atoms with van der Waals surface area (Å²) in [5, 5.41) is 9.90. The van der Waals surface area contributed by atoms with Crippen LogP contribution in [0.25, 0.3) is 5.57 Å². The van der Waals surface area contributed by atoms with Gasteiger partial charge in [0.25, 0.3) is 0 Å². The first-order valence-corrected chi connectivity index (χ1v) is 6.84. The molecule has 1 N–H and O–H groups in total. The summed E-state index contributed by atoms with van der Waals surface area (Å²) < 4.78 is 47.0. The Morgan fingerprint density at radius 1 is 1.24 bits per heavy atom. The van der Waals surface area contributed by atoms with E-state index in [1.54, 1.807) is 0 Å². The monoisotopic (exact) mass is 298 g/mol.